The second kappa shape index (κ2) is 5.51. The fourth-order valence-electron chi connectivity index (χ4n) is 2.79. The van der Waals surface area contributed by atoms with Crippen molar-refractivity contribution in [3.63, 3.8) is 0 Å². The first-order valence-corrected chi connectivity index (χ1v) is 7.16. The summed E-state index contributed by atoms with van der Waals surface area (Å²) in [7, 11) is 0. The van der Waals surface area contributed by atoms with Crippen LogP contribution in [0.1, 0.15) is 17.7 Å². The molecule has 0 amide bonds. The van der Waals surface area contributed by atoms with Gasteiger partial charge in [0.1, 0.15) is 0 Å². The van der Waals surface area contributed by atoms with E-state index in [1.165, 1.54) is 33.3 Å². The highest BCUT2D eigenvalue weighted by Crippen LogP contribution is 2.28. The zero-order valence-electron chi connectivity index (χ0n) is 11.8. The lowest BCUT2D eigenvalue weighted by Crippen LogP contribution is -2.00. The number of nitrogens with two attached hydrogens (primary N) is 1. The van der Waals surface area contributed by atoms with Crippen molar-refractivity contribution in [2.24, 2.45) is 5.73 Å². The number of hydrogen-bond acceptors (Lipinski definition) is 1. The SMILES string of the molecule is Cc1[nH]c2ccc(-c3ccccc3)cc2c1CCCN. The highest BCUT2D eigenvalue weighted by Gasteiger charge is 2.09. The number of H-pyrrole nitrogens is 1. The molecule has 0 radical (unpaired) electrons. The van der Waals surface area contributed by atoms with Crippen LogP contribution < -0.4 is 5.73 Å². The van der Waals surface area contributed by atoms with E-state index in [-0.39, 0.29) is 0 Å². The number of aromatic nitrogens is 1. The van der Waals surface area contributed by atoms with E-state index in [2.05, 4.69) is 60.4 Å². The summed E-state index contributed by atoms with van der Waals surface area (Å²) in [6.07, 6.45) is 2.07. The van der Waals surface area contributed by atoms with Crippen molar-refractivity contribution in [3.05, 3.63) is 59.8 Å². The van der Waals surface area contributed by atoms with Crippen LogP contribution in [-0.2, 0) is 6.42 Å². The predicted octanol–water partition coefficient (Wildman–Crippen LogP) is 4.03. The quantitative estimate of drug-likeness (QED) is 0.734. The Balaban J connectivity index is 2.09. The van der Waals surface area contributed by atoms with Gasteiger partial charge in [0, 0.05) is 16.6 Å². The molecule has 0 aliphatic heterocycles. The van der Waals surface area contributed by atoms with Crippen molar-refractivity contribution < 1.29 is 0 Å². The lowest BCUT2D eigenvalue weighted by Gasteiger charge is -2.04. The minimum absolute atomic E-state index is 0.741. The van der Waals surface area contributed by atoms with Crippen LogP contribution in [0.4, 0.5) is 0 Å². The summed E-state index contributed by atoms with van der Waals surface area (Å²) in [5.41, 5.74) is 12.1. The van der Waals surface area contributed by atoms with E-state index in [0.717, 1.165) is 19.4 Å². The van der Waals surface area contributed by atoms with Crippen molar-refractivity contribution in [2.75, 3.05) is 6.54 Å². The number of aromatic amines is 1. The maximum absolute atomic E-state index is 5.65. The average molecular weight is 264 g/mol. The molecule has 1 heterocycles. The third-order valence-electron chi connectivity index (χ3n) is 3.86. The highest BCUT2D eigenvalue weighted by atomic mass is 14.7. The predicted molar refractivity (Wildman–Crippen MR) is 85.8 cm³/mol. The van der Waals surface area contributed by atoms with Crippen LogP contribution in [0, 0.1) is 6.92 Å². The number of aryl methyl sites for hydroxylation is 2. The summed E-state index contributed by atoms with van der Waals surface area (Å²) < 4.78 is 0. The van der Waals surface area contributed by atoms with E-state index in [4.69, 9.17) is 5.73 Å². The molecule has 0 aliphatic carbocycles. The Morgan fingerprint density at radius 3 is 2.55 bits per heavy atom. The molecular weight excluding hydrogens is 244 g/mol. The Labute approximate surface area is 119 Å². The molecule has 20 heavy (non-hydrogen) atoms. The molecule has 3 rings (SSSR count). The first-order chi connectivity index (χ1) is 9.79. The third kappa shape index (κ3) is 2.35. The number of hydrogen-bond donors (Lipinski definition) is 2. The average Bonchev–Trinajstić information content (AvgIpc) is 2.80. The summed E-state index contributed by atoms with van der Waals surface area (Å²) in [6, 6.07) is 17.2. The molecule has 2 nitrogen and oxygen atoms in total. The molecule has 0 unspecified atom stereocenters. The molecule has 0 fully saturated rings. The van der Waals surface area contributed by atoms with Gasteiger partial charge in [0.2, 0.25) is 0 Å². The molecule has 0 spiro atoms. The van der Waals surface area contributed by atoms with Crippen molar-refractivity contribution in [1.29, 1.82) is 0 Å². The molecule has 0 saturated heterocycles. The molecule has 3 N–H and O–H groups in total. The van der Waals surface area contributed by atoms with Crippen molar-refractivity contribution in [3.8, 4) is 11.1 Å². The van der Waals surface area contributed by atoms with Crippen molar-refractivity contribution in [1.82, 2.24) is 4.98 Å². The Kier molecular flexibility index (Phi) is 3.57. The molecule has 0 bridgehead atoms. The molecule has 3 aromatic rings. The van der Waals surface area contributed by atoms with E-state index < -0.39 is 0 Å². The number of nitrogens with one attached hydrogen (secondary N) is 1. The van der Waals surface area contributed by atoms with Crippen LogP contribution in [-0.4, -0.2) is 11.5 Å². The molecule has 0 saturated carbocycles. The maximum Gasteiger partial charge on any atom is 0.0459 e. The molecule has 1 aromatic heterocycles. The van der Waals surface area contributed by atoms with Gasteiger partial charge in [-0.2, -0.15) is 0 Å². The smallest absolute Gasteiger partial charge is 0.0459 e. The normalized spacial score (nSPS) is 11.1. The van der Waals surface area contributed by atoms with Gasteiger partial charge in [0.05, 0.1) is 0 Å². The van der Waals surface area contributed by atoms with E-state index in [0.29, 0.717) is 0 Å². The Morgan fingerprint density at radius 1 is 1.00 bits per heavy atom. The first kappa shape index (κ1) is 12.9. The molecule has 0 atom stereocenters. The Bertz CT molecular complexity index is 711. The summed E-state index contributed by atoms with van der Waals surface area (Å²) in [6.45, 7) is 2.89. The van der Waals surface area contributed by atoms with Gasteiger partial charge in [0.15, 0.2) is 0 Å². The summed E-state index contributed by atoms with van der Waals surface area (Å²) >= 11 is 0. The second-order valence-electron chi connectivity index (χ2n) is 5.25. The largest absolute Gasteiger partial charge is 0.358 e. The van der Waals surface area contributed by atoms with Gasteiger partial charge < -0.3 is 10.7 Å². The number of benzene rings is 2. The van der Waals surface area contributed by atoms with E-state index in [1.54, 1.807) is 0 Å². The second-order valence-corrected chi connectivity index (χ2v) is 5.25. The van der Waals surface area contributed by atoms with Gasteiger partial charge in [-0.15, -0.1) is 0 Å². The van der Waals surface area contributed by atoms with Crippen molar-refractivity contribution >= 4 is 10.9 Å². The minimum atomic E-state index is 0.741. The maximum atomic E-state index is 5.65. The molecular formula is C18H20N2. The topological polar surface area (TPSA) is 41.8 Å². The van der Waals surface area contributed by atoms with Crippen LogP contribution in [0.15, 0.2) is 48.5 Å². The zero-order chi connectivity index (χ0) is 13.9. The van der Waals surface area contributed by atoms with Gasteiger partial charge in [-0.05, 0) is 55.1 Å². The van der Waals surface area contributed by atoms with Gasteiger partial charge in [0.25, 0.3) is 0 Å². The van der Waals surface area contributed by atoms with Gasteiger partial charge in [-0.3, -0.25) is 0 Å². The standard InChI is InChI=1S/C18H20N2/c1-13-16(8-5-11-19)17-12-15(9-10-18(17)20-13)14-6-3-2-4-7-14/h2-4,6-7,9-10,12,20H,5,8,11,19H2,1H3. The van der Waals surface area contributed by atoms with Crippen LogP contribution in [0.25, 0.3) is 22.0 Å². The summed E-state index contributed by atoms with van der Waals surface area (Å²) in [5.74, 6) is 0. The summed E-state index contributed by atoms with van der Waals surface area (Å²) in [4.78, 5) is 3.47. The number of rotatable bonds is 4. The monoisotopic (exact) mass is 264 g/mol. The molecule has 0 aliphatic rings. The number of fused-ring (bicyclic) bond motifs is 1. The lowest BCUT2D eigenvalue weighted by molar-refractivity contribution is 0.831. The van der Waals surface area contributed by atoms with Crippen molar-refractivity contribution in [2.45, 2.75) is 19.8 Å². The van der Waals surface area contributed by atoms with Gasteiger partial charge >= 0.3 is 0 Å². The van der Waals surface area contributed by atoms with Crippen LogP contribution in [0.2, 0.25) is 0 Å². The van der Waals surface area contributed by atoms with Crippen LogP contribution in [0.5, 0.6) is 0 Å². The summed E-state index contributed by atoms with van der Waals surface area (Å²) in [5, 5.41) is 1.33. The Hall–Kier alpha value is -2.06. The van der Waals surface area contributed by atoms with Gasteiger partial charge in [-0.1, -0.05) is 36.4 Å². The molecule has 102 valence electrons. The van der Waals surface area contributed by atoms with E-state index in [1.807, 2.05) is 0 Å². The van der Waals surface area contributed by atoms with Crippen LogP contribution in [0.3, 0.4) is 0 Å². The lowest BCUT2D eigenvalue weighted by atomic mass is 10.0. The molecule has 2 heteroatoms. The fraction of sp³-hybridized carbons (Fsp3) is 0.222. The highest BCUT2D eigenvalue weighted by molar-refractivity contribution is 5.89. The fourth-order valence-corrected chi connectivity index (χ4v) is 2.79. The third-order valence-corrected chi connectivity index (χ3v) is 3.86. The van der Waals surface area contributed by atoms with Gasteiger partial charge in [-0.25, -0.2) is 0 Å². The zero-order valence-corrected chi connectivity index (χ0v) is 11.8. The van der Waals surface area contributed by atoms with E-state index >= 15 is 0 Å². The Morgan fingerprint density at radius 2 is 1.80 bits per heavy atom. The van der Waals surface area contributed by atoms with E-state index in [9.17, 15) is 0 Å². The minimum Gasteiger partial charge on any atom is -0.358 e. The van der Waals surface area contributed by atoms with Crippen LogP contribution >= 0.6 is 0 Å². The first-order valence-electron chi connectivity index (χ1n) is 7.16. The molecule has 2 aromatic carbocycles.